The zero-order valence-electron chi connectivity index (χ0n) is 14.0. The van der Waals surface area contributed by atoms with Crippen LogP contribution in [0.5, 0.6) is 0 Å². The van der Waals surface area contributed by atoms with E-state index in [2.05, 4.69) is 31.7 Å². The average molecular weight is 321 g/mol. The molecule has 23 heavy (non-hydrogen) atoms. The number of nitrogens with one attached hydrogen (secondary N) is 1. The van der Waals surface area contributed by atoms with Crippen molar-refractivity contribution in [2.45, 2.75) is 25.5 Å². The van der Waals surface area contributed by atoms with E-state index in [0.717, 1.165) is 32.0 Å². The third-order valence-electron chi connectivity index (χ3n) is 4.71. The molecule has 0 aromatic carbocycles. The normalized spacial score (nSPS) is 29.6. The summed E-state index contributed by atoms with van der Waals surface area (Å²) in [5.74, 6) is 1.57. The van der Waals surface area contributed by atoms with Crippen LogP contribution < -0.4 is 5.32 Å². The molecule has 0 spiro atoms. The lowest BCUT2D eigenvalue weighted by molar-refractivity contribution is -0.0852. The van der Waals surface area contributed by atoms with Gasteiger partial charge < -0.3 is 24.3 Å². The zero-order valence-corrected chi connectivity index (χ0v) is 14.0. The van der Waals surface area contributed by atoms with Crippen molar-refractivity contribution < 1.29 is 9.47 Å². The molecule has 7 heteroatoms. The Morgan fingerprint density at radius 3 is 3.04 bits per heavy atom. The van der Waals surface area contributed by atoms with Crippen molar-refractivity contribution >= 4 is 5.96 Å². The Bertz CT molecular complexity index is 499. The number of imidazole rings is 1. The molecule has 7 nitrogen and oxygen atoms in total. The van der Waals surface area contributed by atoms with Crippen molar-refractivity contribution in [1.82, 2.24) is 19.8 Å². The Hall–Kier alpha value is -1.60. The first-order valence-corrected chi connectivity index (χ1v) is 8.40. The van der Waals surface area contributed by atoms with E-state index in [4.69, 9.17) is 9.47 Å². The molecule has 3 rings (SSSR count). The van der Waals surface area contributed by atoms with E-state index in [1.807, 2.05) is 25.8 Å². The van der Waals surface area contributed by atoms with E-state index >= 15 is 0 Å². The Labute approximate surface area is 137 Å². The third kappa shape index (κ3) is 4.03. The van der Waals surface area contributed by atoms with Crippen molar-refractivity contribution in [2.24, 2.45) is 10.9 Å². The summed E-state index contributed by atoms with van der Waals surface area (Å²) in [6, 6.07) is 0.430. The second-order valence-corrected chi connectivity index (χ2v) is 6.29. The number of aromatic nitrogens is 2. The summed E-state index contributed by atoms with van der Waals surface area (Å²) in [6.07, 6.45) is 7.06. The molecule has 1 N–H and O–H groups in total. The highest BCUT2D eigenvalue weighted by atomic mass is 16.6. The van der Waals surface area contributed by atoms with Crippen LogP contribution in [-0.2, 0) is 9.47 Å². The van der Waals surface area contributed by atoms with E-state index in [0.29, 0.717) is 31.8 Å². The minimum absolute atomic E-state index is 0.105. The maximum absolute atomic E-state index is 5.68. The fraction of sp³-hybridized carbons (Fsp3) is 0.750. The molecule has 0 aliphatic carbocycles. The summed E-state index contributed by atoms with van der Waals surface area (Å²) >= 11 is 0. The summed E-state index contributed by atoms with van der Waals surface area (Å²) in [5, 5.41) is 3.44. The van der Waals surface area contributed by atoms with Gasteiger partial charge in [0.15, 0.2) is 5.96 Å². The van der Waals surface area contributed by atoms with Gasteiger partial charge in [-0.3, -0.25) is 4.99 Å². The minimum Gasteiger partial charge on any atom is -0.376 e. The molecule has 3 unspecified atom stereocenters. The van der Waals surface area contributed by atoms with Crippen LogP contribution in [0, 0.1) is 5.92 Å². The molecule has 0 amide bonds. The topological polar surface area (TPSA) is 63.9 Å². The molecule has 2 aliphatic rings. The minimum atomic E-state index is 0.105. The van der Waals surface area contributed by atoms with E-state index < -0.39 is 0 Å². The van der Waals surface area contributed by atoms with Crippen molar-refractivity contribution in [3.05, 3.63) is 18.7 Å². The fourth-order valence-corrected chi connectivity index (χ4v) is 3.29. The molecule has 2 fully saturated rings. The number of hydrogen-bond acceptors (Lipinski definition) is 4. The van der Waals surface area contributed by atoms with Gasteiger partial charge in [0, 0.05) is 39.1 Å². The Morgan fingerprint density at radius 2 is 2.35 bits per heavy atom. The zero-order chi connectivity index (χ0) is 16.1. The second kappa shape index (κ2) is 7.79. The SMILES string of the molecule is CN=C(NCC1COCCO1)N1CCC(C)C(n2ccnc2)C1. The number of hydrogen-bond donors (Lipinski definition) is 1. The summed E-state index contributed by atoms with van der Waals surface area (Å²) in [6.45, 7) is 7.03. The maximum Gasteiger partial charge on any atom is 0.193 e. The van der Waals surface area contributed by atoms with Crippen LogP contribution in [0.4, 0.5) is 0 Å². The van der Waals surface area contributed by atoms with Crippen molar-refractivity contribution in [1.29, 1.82) is 0 Å². The molecule has 3 atom stereocenters. The summed E-state index contributed by atoms with van der Waals surface area (Å²) in [5.41, 5.74) is 0. The van der Waals surface area contributed by atoms with Crippen LogP contribution in [0.3, 0.4) is 0 Å². The molecule has 0 saturated carbocycles. The monoisotopic (exact) mass is 321 g/mol. The fourth-order valence-electron chi connectivity index (χ4n) is 3.29. The first-order valence-electron chi connectivity index (χ1n) is 8.40. The molecule has 0 bridgehead atoms. The Kier molecular flexibility index (Phi) is 5.51. The first-order chi connectivity index (χ1) is 11.3. The molecule has 0 radical (unpaired) electrons. The lowest BCUT2D eigenvalue weighted by Gasteiger charge is -2.39. The molecule has 2 aliphatic heterocycles. The number of nitrogens with zero attached hydrogens (tertiary/aromatic N) is 4. The number of likely N-dealkylation sites (tertiary alicyclic amines) is 1. The molecule has 2 saturated heterocycles. The van der Waals surface area contributed by atoms with Crippen LogP contribution in [0.15, 0.2) is 23.7 Å². The van der Waals surface area contributed by atoms with E-state index in [1.165, 1.54) is 0 Å². The Balaban J connectivity index is 1.57. The standard InChI is InChI=1S/C16H27N5O2/c1-13-3-5-20(10-15(13)21-6-4-18-12-21)16(17-2)19-9-14-11-22-7-8-23-14/h4,6,12-15H,3,5,7-11H2,1-2H3,(H,17,19). The van der Waals surface area contributed by atoms with Gasteiger partial charge in [0.1, 0.15) is 0 Å². The average Bonchev–Trinajstić information content (AvgIpc) is 3.12. The number of aliphatic imine (C=N–C) groups is 1. The lowest BCUT2D eigenvalue weighted by atomic mass is 9.93. The first kappa shape index (κ1) is 16.3. The van der Waals surface area contributed by atoms with Crippen molar-refractivity contribution in [3.63, 3.8) is 0 Å². The largest absolute Gasteiger partial charge is 0.376 e. The number of ether oxygens (including phenoxy) is 2. The lowest BCUT2D eigenvalue weighted by Crippen LogP contribution is -2.51. The second-order valence-electron chi connectivity index (χ2n) is 6.29. The molecule has 1 aromatic rings. The van der Waals surface area contributed by atoms with Gasteiger partial charge in [0.2, 0.25) is 0 Å². The summed E-state index contributed by atoms with van der Waals surface area (Å²) in [4.78, 5) is 11.0. The van der Waals surface area contributed by atoms with E-state index in [-0.39, 0.29) is 6.10 Å². The summed E-state index contributed by atoms with van der Waals surface area (Å²) < 4.78 is 13.3. The molecule has 1 aromatic heterocycles. The Morgan fingerprint density at radius 1 is 1.43 bits per heavy atom. The van der Waals surface area contributed by atoms with Gasteiger partial charge in [-0.25, -0.2) is 4.98 Å². The highest BCUT2D eigenvalue weighted by molar-refractivity contribution is 5.80. The highest BCUT2D eigenvalue weighted by Crippen LogP contribution is 2.27. The summed E-state index contributed by atoms with van der Waals surface area (Å²) in [7, 11) is 1.84. The molecular formula is C16H27N5O2. The third-order valence-corrected chi connectivity index (χ3v) is 4.71. The van der Waals surface area contributed by atoms with Gasteiger partial charge in [0.05, 0.1) is 38.3 Å². The smallest absolute Gasteiger partial charge is 0.193 e. The van der Waals surface area contributed by atoms with Gasteiger partial charge in [-0.05, 0) is 12.3 Å². The molecule has 128 valence electrons. The van der Waals surface area contributed by atoms with Gasteiger partial charge in [-0.15, -0.1) is 0 Å². The van der Waals surface area contributed by atoms with Gasteiger partial charge in [-0.1, -0.05) is 6.92 Å². The number of guanidine groups is 1. The predicted octanol–water partition coefficient (Wildman–Crippen LogP) is 0.757. The quantitative estimate of drug-likeness (QED) is 0.658. The predicted molar refractivity (Wildman–Crippen MR) is 88.5 cm³/mol. The van der Waals surface area contributed by atoms with Crippen molar-refractivity contribution in [3.8, 4) is 0 Å². The number of rotatable bonds is 3. The molecule has 3 heterocycles. The van der Waals surface area contributed by atoms with Crippen LogP contribution >= 0.6 is 0 Å². The van der Waals surface area contributed by atoms with Crippen LogP contribution in [0.25, 0.3) is 0 Å². The van der Waals surface area contributed by atoms with Gasteiger partial charge >= 0.3 is 0 Å². The number of piperidine rings is 1. The van der Waals surface area contributed by atoms with Crippen LogP contribution in [0.2, 0.25) is 0 Å². The van der Waals surface area contributed by atoms with Crippen LogP contribution in [-0.4, -0.2) is 73.0 Å². The highest BCUT2D eigenvalue weighted by Gasteiger charge is 2.29. The van der Waals surface area contributed by atoms with Gasteiger partial charge in [0.25, 0.3) is 0 Å². The van der Waals surface area contributed by atoms with E-state index in [9.17, 15) is 0 Å². The van der Waals surface area contributed by atoms with Gasteiger partial charge in [-0.2, -0.15) is 0 Å². The van der Waals surface area contributed by atoms with Crippen LogP contribution in [0.1, 0.15) is 19.4 Å². The maximum atomic E-state index is 5.68. The van der Waals surface area contributed by atoms with Crippen molar-refractivity contribution in [2.75, 3.05) is 46.5 Å². The molecular weight excluding hydrogens is 294 g/mol. The van der Waals surface area contributed by atoms with E-state index in [1.54, 1.807) is 0 Å².